The topological polar surface area (TPSA) is 65.7 Å². The maximum atomic E-state index is 11.9. The smallest absolute Gasteiger partial charge is 0.223 e. The zero-order valence-corrected chi connectivity index (χ0v) is 13.0. The van der Waals surface area contributed by atoms with Gasteiger partial charge in [0.15, 0.2) is 5.75 Å². The third-order valence-corrected chi connectivity index (χ3v) is 4.25. The lowest BCUT2D eigenvalue weighted by Gasteiger charge is -2.32. The molecular formula is C16H26N2O3. The summed E-state index contributed by atoms with van der Waals surface area (Å²) in [4.78, 5) is 14.2. The van der Waals surface area contributed by atoms with Crippen molar-refractivity contribution >= 4 is 0 Å². The van der Waals surface area contributed by atoms with Gasteiger partial charge in [-0.2, -0.15) is 0 Å². The van der Waals surface area contributed by atoms with E-state index < -0.39 is 0 Å². The Kier molecular flexibility index (Phi) is 5.42. The number of hydrogen-bond donors (Lipinski definition) is 2. The molecule has 2 rings (SSSR count). The predicted molar refractivity (Wildman–Crippen MR) is 82.5 cm³/mol. The molecule has 1 unspecified atom stereocenters. The monoisotopic (exact) mass is 294 g/mol. The molecule has 1 fully saturated rings. The molecule has 0 spiro atoms. The minimum Gasteiger partial charge on any atom is -0.503 e. The first-order chi connectivity index (χ1) is 10.0. The Morgan fingerprint density at radius 1 is 1.43 bits per heavy atom. The van der Waals surface area contributed by atoms with Gasteiger partial charge in [0, 0.05) is 38.0 Å². The lowest BCUT2D eigenvalue weighted by Crippen LogP contribution is -2.35. The van der Waals surface area contributed by atoms with Gasteiger partial charge < -0.3 is 14.8 Å². The van der Waals surface area contributed by atoms with Gasteiger partial charge in [0.2, 0.25) is 5.43 Å². The molecule has 21 heavy (non-hydrogen) atoms. The van der Waals surface area contributed by atoms with Crippen LogP contribution in [0.4, 0.5) is 0 Å². The maximum absolute atomic E-state index is 11.9. The molecule has 0 aliphatic carbocycles. The summed E-state index contributed by atoms with van der Waals surface area (Å²) >= 11 is 0. The molecule has 118 valence electrons. The van der Waals surface area contributed by atoms with Crippen LogP contribution in [0.25, 0.3) is 0 Å². The summed E-state index contributed by atoms with van der Waals surface area (Å²) in [5, 5.41) is 19.2. The van der Waals surface area contributed by atoms with Gasteiger partial charge in [-0.1, -0.05) is 6.92 Å². The van der Waals surface area contributed by atoms with E-state index in [0.29, 0.717) is 31.1 Å². The first kappa shape index (κ1) is 16.0. The molecule has 0 saturated carbocycles. The number of pyridine rings is 1. The van der Waals surface area contributed by atoms with Crippen LogP contribution in [0.15, 0.2) is 10.9 Å². The number of piperidine rings is 1. The highest BCUT2D eigenvalue weighted by atomic mass is 16.3. The molecule has 5 nitrogen and oxygen atoms in total. The number of rotatable bonds is 5. The van der Waals surface area contributed by atoms with E-state index in [1.807, 2.05) is 11.5 Å². The van der Waals surface area contributed by atoms with E-state index >= 15 is 0 Å². The van der Waals surface area contributed by atoms with E-state index in [-0.39, 0.29) is 17.8 Å². The fourth-order valence-corrected chi connectivity index (χ4v) is 3.16. The summed E-state index contributed by atoms with van der Waals surface area (Å²) in [5.41, 5.74) is 1.21. The molecule has 0 bridgehead atoms. The van der Waals surface area contributed by atoms with Crippen LogP contribution in [-0.2, 0) is 13.1 Å². The van der Waals surface area contributed by atoms with Gasteiger partial charge in [0.1, 0.15) is 0 Å². The summed E-state index contributed by atoms with van der Waals surface area (Å²) in [5.74, 6) is 0.514. The Balaban J connectivity index is 2.28. The van der Waals surface area contributed by atoms with E-state index in [1.54, 1.807) is 0 Å². The third-order valence-electron chi connectivity index (χ3n) is 4.25. The van der Waals surface area contributed by atoms with Crippen molar-refractivity contribution in [2.45, 2.75) is 46.2 Å². The normalized spacial score (nSPS) is 19.9. The Labute approximate surface area is 125 Å². The Morgan fingerprint density at radius 2 is 2.19 bits per heavy atom. The second kappa shape index (κ2) is 7.09. The fraction of sp³-hybridized carbons (Fsp3) is 0.688. The van der Waals surface area contributed by atoms with Crippen molar-refractivity contribution in [1.29, 1.82) is 0 Å². The molecule has 0 aromatic carbocycles. The second-order valence-corrected chi connectivity index (χ2v) is 6.16. The third kappa shape index (κ3) is 3.86. The highest BCUT2D eigenvalue weighted by Gasteiger charge is 2.20. The molecule has 2 N–H and O–H groups in total. The number of aromatic nitrogens is 1. The van der Waals surface area contributed by atoms with Crippen molar-refractivity contribution in [2.75, 3.05) is 19.7 Å². The van der Waals surface area contributed by atoms with Crippen LogP contribution in [0.5, 0.6) is 5.75 Å². The molecule has 1 saturated heterocycles. The zero-order chi connectivity index (χ0) is 15.4. The molecule has 2 heterocycles. The Bertz CT molecular complexity index is 539. The van der Waals surface area contributed by atoms with Crippen molar-refractivity contribution < 1.29 is 10.2 Å². The number of aliphatic hydroxyl groups is 1. The van der Waals surface area contributed by atoms with Crippen molar-refractivity contribution in [3.05, 3.63) is 27.7 Å². The molecule has 1 aliphatic rings. The highest BCUT2D eigenvalue weighted by molar-refractivity contribution is 5.29. The van der Waals surface area contributed by atoms with E-state index in [4.69, 9.17) is 5.11 Å². The number of likely N-dealkylation sites (tertiary alicyclic amines) is 1. The SMILES string of the molecule is Cc1cc(=O)c(O)c(CN2CCCC(C)C2)n1CCCO. The molecule has 1 aromatic heterocycles. The van der Waals surface area contributed by atoms with Gasteiger partial charge in [-0.05, 0) is 38.6 Å². The highest BCUT2D eigenvalue weighted by Crippen LogP contribution is 2.22. The quantitative estimate of drug-likeness (QED) is 0.863. The summed E-state index contributed by atoms with van der Waals surface area (Å²) in [6.45, 7) is 7.44. The van der Waals surface area contributed by atoms with Crippen LogP contribution < -0.4 is 5.43 Å². The van der Waals surface area contributed by atoms with Gasteiger partial charge in [0.05, 0.1) is 5.69 Å². The number of aromatic hydroxyl groups is 1. The fourth-order valence-electron chi connectivity index (χ4n) is 3.16. The number of aliphatic hydroxyl groups excluding tert-OH is 1. The van der Waals surface area contributed by atoms with Gasteiger partial charge >= 0.3 is 0 Å². The van der Waals surface area contributed by atoms with Crippen LogP contribution >= 0.6 is 0 Å². The number of aryl methyl sites for hydroxylation is 1. The van der Waals surface area contributed by atoms with E-state index in [0.717, 1.165) is 25.2 Å². The van der Waals surface area contributed by atoms with Crippen molar-refractivity contribution in [3.63, 3.8) is 0 Å². The molecule has 1 aromatic rings. The molecule has 0 radical (unpaired) electrons. The van der Waals surface area contributed by atoms with E-state index in [2.05, 4.69) is 11.8 Å². The summed E-state index contributed by atoms with van der Waals surface area (Å²) in [6.07, 6.45) is 3.02. The zero-order valence-electron chi connectivity index (χ0n) is 13.0. The van der Waals surface area contributed by atoms with E-state index in [1.165, 1.54) is 12.5 Å². The van der Waals surface area contributed by atoms with Crippen molar-refractivity contribution in [2.24, 2.45) is 5.92 Å². The molecule has 1 atom stereocenters. The summed E-state index contributed by atoms with van der Waals surface area (Å²) in [6, 6.07) is 1.47. The van der Waals surface area contributed by atoms with Crippen LogP contribution in [-0.4, -0.2) is 39.4 Å². The number of hydrogen-bond acceptors (Lipinski definition) is 4. The molecule has 5 heteroatoms. The first-order valence-corrected chi connectivity index (χ1v) is 7.78. The Hall–Kier alpha value is -1.33. The summed E-state index contributed by atoms with van der Waals surface area (Å²) < 4.78 is 1.96. The average molecular weight is 294 g/mol. The van der Waals surface area contributed by atoms with Crippen molar-refractivity contribution in [1.82, 2.24) is 9.47 Å². The van der Waals surface area contributed by atoms with Gasteiger partial charge in [0.25, 0.3) is 0 Å². The minimum absolute atomic E-state index is 0.104. The van der Waals surface area contributed by atoms with E-state index in [9.17, 15) is 9.90 Å². The van der Waals surface area contributed by atoms with Gasteiger partial charge in [-0.15, -0.1) is 0 Å². The summed E-state index contributed by atoms with van der Waals surface area (Å²) in [7, 11) is 0. The van der Waals surface area contributed by atoms with Gasteiger partial charge in [-0.3, -0.25) is 9.69 Å². The molecular weight excluding hydrogens is 268 g/mol. The van der Waals surface area contributed by atoms with Crippen LogP contribution in [0, 0.1) is 12.8 Å². The first-order valence-electron chi connectivity index (χ1n) is 7.78. The molecule has 1 aliphatic heterocycles. The largest absolute Gasteiger partial charge is 0.503 e. The maximum Gasteiger partial charge on any atom is 0.223 e. The van der Waals surface area contributed by atoms with Crippen LogP contribution in [0.2, 0.25) is 0 Å². The molecule has 0 amide bonds. The number of nitrogens with zero attached hydrogens (tertiary/aromatic N) is 2. The van der Waals surface area contributed by atoms with Crippen LogP contribution in [0.1, 0.15) is 37.6 Å². The lowest BCUT2D eigenvalue weighted by atomic mass is 10.00. The minimum atomic E-state index is -0.312. The van der Waals surface area contributed by atoms with Gasteiger partial charge in [-0.25, -0.2) is 0 Å². The van der Waals surface area contributed by atoms with Crippen molar-refractivity contribution in [3.8, 4) is 5.75 Å². The van der Waals surface area contributed by atoms with Crippen LogP contribution in [0.3, 0.4) is 0 Å². The average Bonchev–Trinajstić information content (AvgIpc) is 2.44. The standard InChI is InChI=1S/C16H26N2O3/c1-12-5-3-6-17(10-12)11-14-16(21)15(20)9-13(2)18(14)7-4-8-19/h9,12,19,21H,3-8,10-11H2,1-2H3. The second-order valence-electron chi connectivity index (χ2n) is 6.16. The predicted octanol–water partition coefficient (Wildman–Crippen LogP) is 1.48. The lowest BCUT2D eigenvalue weighted by molar-refractivity contribution is 0.169. The Morgan fingerprint density at radius 3 is 2.86 bits per heavy atom.